The summed E-state index contributed by atoms with van der Waals surface area (Å²) >= 11 is 0. The first kappa shape index (κ1) is 34.7. The normalized spacial score (nSPS) is 45.9. The van der Waals surface area contributed by atoms with E-state index >= 15 is 0 Å². The number of aliphatic hydroxyl groups is 1. The van der Waals surface area contributed by atoms with Gasteiger partial charge in [-0.2, -0.15) is 0 Å². The number of fused-ring (bicyclic) bond motifs is 1. The number of nitrogens with zero attached hydrogens (tertiary/aromatic N) is 1. The lowest BCUT2D eigenvalue weighted by Gasteiger charge is -2.47. The summed E-state index contributed by atoms with van der Waals surface area (Å²) in [6.07, 6.45) is -3.62. The van der Waals surface area contributed by atoms with Gasteiger partial charge in [0.1, 0.15) is 18.0 Å². The Labute approximate surface area is 250 Å². The van der Waals surface area contributed by atoms with Crippen LogP contribution in [0.1, 0.15) is 81.1 Å². The number of esters is 1. The van der Waals surface area contributed by atoms with Crippen LogP contribution < -0.4 is 0 Å². The van der Waals surface area contributed by atoms with Crippen LogP contribution in [0.3, 0.4) is 0 Å². The predicted octanol–water partition coefficient (Wildman–Crippen LogP) is 3.73. The van der Waals surface area contributed by atoms with Gasteiger partial charge in [-0.05, 0) is 66.5 Å². The highest BCUT2D eigenvalue weighted by Gasteiger charge is 2.58. The van der Waals surface area contributed by atoms with Crippen molar-refractivity contribution in [2.24, 2.45) is 23.7 Å². The highest BCUT2D eigenvalue weighted by atomic mass is 16.8. The zero-order chi connectivity index (χ0) is 31.7. The molecule has 3 aliphatic heterocycles. The van der Waals surface area contributed by atoms with E-state index in [0.717, 1.165) is 0 Å². The van der Waals surface area contributed by atoms with Crippen molar-refractivity contribution < 1.29 is 47.9 Å². The van der Waals surface area contributed by atoms with E-state index in [2.05, 4.69) is 0 Å². The standard InChI is InChI=1S/C31H53NO10/c1-12-22-31(8)26(41-29(36)42-31)20(6)23(33)18(4)15-30(7,37-11)25(16(2)13-17(3)27(35)39-22)40-28-24(34)21(32(9)10)14-19(5)38-28/h16-22,24-26,28,34H,12-15H2,1-11H3/t16-,17+,18+,19+,20-,21-,22?,24+,25+,26+,28-,30+,31-/m0/s1. The fraction of sp³-hybridized carbons (Fsp3) is 0.903. The Morgan fingerprint density at radius 3 is 2.21 bits per heavy atom. The van der Waals surface area contributed by atoms with Crippen molar-refractivity contribution in [1.82, 2.24) is 4.90 Å². The summed E-state index contributed by atoms with van der Waals surface area (Å²) < 4.78 is 36.0. The van der Waals surface area contributed by atoms with Gasteiger partial charge in [-0.15, -0.1) is 0 Å². The largest absolute Gasteiger partial charge is 0.509 e. The first-order chi connectivity index (χ1) is 19.5. The maximum Gasteiger partial charge on any atom is 0.509 e. The minimum absolute atomic E-state index is 0.138. The molecule has 3 saturated heterocycles. The molecule has 0 aromatic heterocycles. The van der Waals surface area contributed by atoms with E-state index < -0.39 is 71.8 Å². The second-order valence-corrected chi connectivity index (χ2v) is 13.5. The molecule has 0 aliphatic carbocycles. The molecule has 3 rings (SSSR count). The van der Waals surface area contributed by atoms with Crippen LogP contribution in [0.4, 0.5) is 4.79 Å². The number of ketones is 1. The molecule has 0 amide bonds. The summed E-state index contributed by atoms with van der Waals surface area (Å²) in [5, 5.41) is 11.3. The molecule has 0 bridgehead atoms. The van der Waals surface area contributed by atoms with Crippen LogP contribution in [0.25, 0.3) is 0 Å². The van der Waals surface area contributed by atoms with E-state index in [4.69, 9.17) is 28.4 Å². The summed E-state index contributed by atoms with van der Waals surface area (Å²) in [5.41, 5.74) is -2.33. The molecule has 42 heavy (non-hydrogen) atoms. The number of methoxy groups -OCH3 is 1. The number of likely N-dealkylation sites (N-methyl/N-ethyl adjacent to an activating group) is 1. The number of aliphatic hydroxyl groups excluding tert-OH is 1. The number of rotatable bonds is 5. The topological polar surface area (TPSA) is 130 Å². The lowest BCUT2D eigenvalue weighted by molar-refractivity contribution is -0.297. The molecule has 0 radical (unpaired) electrons. The molecule has 1 N–H and O–H groups in total. The maximum absolute atomic E-state index is 13.9. The molecule has 0 aromatic carbocycles. The molecular weight excluding hydrogens is 546 g/mol. The van der Waals surface area contributed by atoms with E-state index in [1.807, 2.05) is 53.6 Å². The predicted molar refractivity (Wildman–Crippen MR) is 154 cm³/mol. The first-order valence-electron chi connectivity index (χ1n) is 15.3. The lowest BCUT2D eigenvalue weighted by Crippen LogP contribution is -2.58. The van der Waals surface area contributed by atoms with Crippen molar-refractivity contribution in [2.75, 3.05) is 21.2 Å². The fourth-order valence-electron chi connectivity index (χ4n) is 7.27. The number of hydrogen-bond donors (Lipinski definition) is 1. The highest BCUT2D eigenvalue weighted by molar-refractivity contribution is 5.84. The van der Waals surface area contributed by atoms with Crippen molar-refractivity contribution in [2.45, 2.75) is 135 Å². The van der Waals surface area contributed by atoms with E-state index in [1.165, 1.54) is 0 Å². The van der Waals surface area contributed by atoms with Crippen molar-refractivity contribution in [3.05, 3.63) is 0 Å². The summed E-state index contributed by atoms with van der Waals surface area (Å²) in [4.78, 5) is 41.7. The van der Waals surface area contributed by atoms with Gasteiger partial charge in [-0.25, -0.2) is 4.79 Å². The second kappa shape index (κ2) is 13.5. The van der Waals surface area contributed by atoms with Crippen LogP contribution in [0.2, 0.25) is 0 Å². The van der Waals surface area contributed by atoms with E-state index in [1.54, 1.807) is 27.9 Å². The minimum Gasteiger partial charge on any atom is -0.458 e. The summed E-state index contributed by atoms with van der Waals surface area (Å²) in [6.45, 7) is 14.6. The summed E-state index contributed by atoms with van der Waals surface area (Å²) in [6, 6.07) is -0.173. The molecular formula is C31H53NO10. The minimum atomic E-state index is -1.32. The smallest absolute Gasteiger partial charge is 0.458 e. The average molecular weight is 600 g/mol. The Balaban J connectivity index is 2.03. The molecule has 3 heterocycles. The number of hydrogen-bond acceptors (Lipinski definition) is 11. The van der Waals surface area contributed by atoms with Gasteiger partial charge in [0.2, 0.25) is 0 Å². The van der Waals surface area contributed by atoms with Crippen molar-refractivity contribution in [3.63, 3.8) is 0 Å². The van der Waals surface area contributed by atoms with Gasteiger partial charge in [0, 0.05) is 19.1 Å². The zero-order valence-corrected chi connectivity index (χ0v) is 27.2. The van der Waals surface area contributed by atoms with Crippen molar-refractivity contribution >= 4 is 17.9 Å². The molecule has 3 aliphatic rings. The third kappa shape index (κ3) is 6.96. The Morgan fingerprint density at radius 2 is 1.64 bits per heavy atom. The molecule has 3 fully saturated rings. The lowest BCUT2D eigenvalue weighted by atomic mass is 9.74. The van der Waals surface area contributed by atoms with Crippen molar-refractivity contribution in [1.29, 1.82) is 0 Å². The van der Waals surface area contributed by atoms with Crippen LogP contribution in [0, 0.1) is 23.7 Å². The monoisotopic (exact) mass is 599 g/mol. The Bertz CT molecular complexity index is 975. The third-order valence-electron chi connectivity index (χ3n) is 9.73. The van der Waals surface area contributed by atoms with Crippen LogP contribution in [-0.4, -0.2) is 103 Å². The number of cyclic esters (lactones) is 1. The van der Waals surface area contributed by atoms with E-state index in [9.17, 15) is 19.5 Å². The van der Waals surface area contributed by atoms with Crippen molar-refractivity contribution in [3.8, 4) is 0 Å². The Morgan fingerprint density at radius 1 is 1.00 bits per heavy atom. The average Bonchev–Trinajstić information content (AvgIpc) is 3.24. The maximum atomic E-state index is 13.9. The SMILES string of the molecule is CCC1OC(=O)[C@H](C)C[C@H](C)[C@@H](O[C@@H]2O[C@H](C)C[C@H](N(C)C)[C@H]2O)[C@](C)(OC)C[C@@H](C)C(=O)[C@H](C)[C@H]2OC(=O)O[C@@]12C. The van der Waals surface area contributed by atoms with E-state index in [-0.39, 0.29) is 30.3 Å². The second-order valence-electron chi connectivity index (χ2n) is 13.5. The molecule has 0 spiro atoms. The number of ether oxygens (including phenoxy) is 6. The first-order valence-corrected chi connectivity index (χ1v) is 15.3. The van der Waals surface area contributed by atoms with Gasteiger partial charge in [-0.1, -0.05) is 34.6 Å². The molecule has 0 saturated carbocycles. The molecule has 13 atom stereocenters. The molecule has 1 unspecified atom stereocenters. The van der Waals surface area contributed by atoms with Gasteiger partial charge < -0.3 is 38.4 Å². The van der Waals surface area contributed by atoms with Crippen LogP contribution >= 0.6 is 0 Å². The summed E-state index contributed by atoms with van der Waals surface area (Å²) in [5.74, 6) is -2.64. The van der Waals surface area contributed by atoms with Gasteiger partial charge in [0.05, 0.1) is 29.6 Å². The van der Waals surface area contributed by atoms with Gasteiger partial charge in [0.25, 0.3) is 0 Å². The molecule has 0 aromatic rings. The zero-order valence-electron chi connectivity index (χ0n) is 27.2. The number of Topliss-reactive ketones (excluding diaryl/α,β-unsaturated/α-hetero) is 1. The van der Waals surface area contributed by atoms with Gasteiger partial charge in [-0.3, -0.25) is 9.59 Å². The highest BCUT2D eigenvalue weighted by Crippen LogP contribution is 2.42. The summed E-state index contributed by atoms with van der Waals surface area (Å²) in [7, 11) is 5.40. The third-order valence-corrected chi connectivity index (χ3v) is 9.73. The van der Waals surface area contributed by atoms with Gasteiger partial charge >= 0.3 is 12.1 Å². The van der Waals surface area contributed by atoms with E-state index in [0.29, 0.717) is 19.3 Å². The molecule has 11 nitrogen and oxygen atoms in total. The van der Waals surface area contributed by atoms with Crippen LogP contribution in [-0.2, 0) is 38.0 Å². The molecule has 242 valence electrons. The number of carbonyl (C=O) groups is 3. The number of carbonyl (C=O) groups excluding carboxylic acids is 3. The molecule has 11 heteroatoms. The quantitative estimate of drug-likeness (QED) is 0.464. The van der Waals surface area contributed by atoms with Gasteiger partial charge in [0.15, 0.2) is 18.0 Å². The fourth-order valence-corrected chi connectivity index (χ4v) is 7.27. The Hall–Kier alpha value is -1.79. The van der Waals surface area contributed by atoms with Crippen LogP contribution in [0.15, 0.2) is 0 Å². The van der Waals surface area contributed by atoms with Crippen LogP contribution in [0.5, 0.6) is 0 Å². The Kier molecular flexibility index (Phi) is 11.1.